The van der Waals surface area contributed by atoms with Crippen molar-refractivity contribution >= 4 is 17.4 Å². The first kappa shape index (κ1) is 20.4. The van der Waals surface area contributed by atoms with Crippen molar-refractivity contribution in [1.29, 1.82) is 0 Å². The number of Topliss-reactive ketones (excluding diaryl/α,β-unsaturated/α-hetero) is 1. The number of amides is 1. The molecule has 1 amide bonds. The molecule has 0 aliphatic carbocycles. The topological polar surface area (TPSA) is 58.6 Å². The van der Waals surface area contributed by atoms with Gasteiger partial charge in [-0.1, -0.05) is 24.8 Å². The van der Waals surface area contributed by atoms with E-state index < -0.39 is 0 Å². The average molecular weight is 366 g/mol. The third kappa shape index (κ3) is 6.08. The maximum atomic E-state index is 12.5. The van der Waals surface area contributed by atoms with Gasteiger partial charge >= 0.3 is 0 Å². The number of benzene rings is 2. The zero-order valence-corrected chi connectivity index (χ0v) is 16.1. The average Bonchev–Trinajstić information content (AvgIpc) is 2.67. The zero-order valence-electron chi connectivity index (χ0n) is 16.1. The van der Waals surface area contributed by atoms with Crippen LogP contribution in [0.3, 0.4) is 0 Å². The van der Waals surface area contributed by atoms with E-state index in [0.29, 0.717) is 24.4 Å². The maximum absolute atomic E-state index is 12.5. The lowest BCUT2D eigenvalue weighted by Crippen LogP contribution is -2.39. The molecule has 2 aromatic carbocycles. The second-order valence-electron chi connectivity index (χ2n) is 6.46. The summed E-state index contributed by atoms with van der Waals surface area (Å²) in [5.74, 6) is 0.696. The predicted octanol–water partition coefficient (Wildman–Crippen LogP) is 3.91. The number of nitrogens with one attached hydrogen (secondary N) is 1. The van der Waals surface area contributed by atoms with Crippen LogP contribution in [-0.4, -0.2) is 36.3 Å². The summed E-state index contributed by atoms with van der Waals surface area (Å²) in [7, 11) is 1.91. The number of carbonyl (C=O) groups excluding carboxylic acids is 2. The number of nitrogens with zero attached hydrogens (tertiary/aromatic N) is 1. The zero-order chi connectivity index (χ0) is 19.8. The molecule has 2 rings (SSSR count). The molecule has 5 heteroatoms. The predicted molar refractivity (Wildman–Crippen MR) is 108 cm³/mol. The molecule has 0 saturated heterocycles. The number of likely N-dealkylation sites (N-methyl/N-ethyl adjacent to an activating group) is 1. The highest BCUT2D eigenvalue weighted by Crippen LogP contribution is 2.15. The van der Waals surface area contributed by atoms with Crippen LogP contribution in [0.4, 0.5) is 5.69 Å². The molecule has 1 unspecified atom stereocenters. The van der Waals surface area contributed by atoms with Gasteiger partial charge in [0.15, 0.2) is 5.78 Å². The summed E-state index contributed by atoms with van der Waals surface area (Å²) in [5.41, 5.74) is 2.39. The maximum Gasteiger partial charge on any atom is 0.241 e. The number of hydrogen-bond donors (Lipinski definition) is 1. The van der Waals surface area contributed by atoms with Crippen LogP contribution in [0.25, 0.3) is 0 Å². The summed E-state index contributed by atoms with van der Waals surface area (Å²) < 4.78 is 5.47. The first-order valence-electron chi connectivity index (χ1n) is 8.85. The van der Waals surface area contributed by atoms with Gasteiger partial charge in [-0.15, -0.1) is 0 Å². The minimum absolute atomic E-state index is 0.00175. The number of carbonyl (C=O) groups is 2. The van der Waals surface area contributed by atoms with E-state index in [0.717, 1.165) is 11.3 Å². The highest BCUT2D eigenvalue weighted by Gasteiger charge is 2.18. The van der Waals surface area contributed by atoms with Crippen molar-refractivity contribution in [3.05, 3.63) is 72.3 Å². The van der Waals surface area contributed by atoms with Crippen LogP contribution in [0.2, 0.25) is 0 Å². The van der Waals surface area contributed by atoms with Crippen molar-refractivity contribution < 1.29 is 14.3 Å². The standard InChI is InChI=1S/C22H26N2O3/c1-5-14-27-21-12-6-18(7-13-21)15-24(4)16(2)22(26)23-20-10-8-19(9-11-20)17(3)25/h5-13,16H,1,14-15H2,2-4H3,(H,23,26). The number of rotatable bonds is 9. The van der Waals surface area contributed by atoms with Crippen molar-refractivity contribution in [2.75, 3.05) is 19.0 Å². The largest absolute Gasteiger partial charge is 0.490 e. The molecule has 0 heterocycles. The smallest absolute Gasteiger partial charge is 0.241 e. The number of anilines is 1. The highest BCUT2D eigenvalue weighted by molar-refractivity contribution is 5.96. The SMILES string of the molecule is C=CCOc1ccc(CN(C)C(C)C(=O)Nc2ccc(C(C)=O)cc2)cc1. The molecule has 0 radical (unpaired) electrons. The molecule has 0 spiro atoms. The van der Waals surface area contributed by atoms with Gasteiger partial charge in [-0.25, -0.2) is 0 Å². The summed E-state index contributed by atoms with van der Waals surface area (Å²) in [6, 6.07) is 14.4. The Hall–Kier alpha value is -2.92. The number of ketones is 1. The summed E-state index contributed by atoms with van der Waals surface area (Å²) >= 11 is 0. The van der Waals surface area contributed by atoms with E-state index in [1.165, 1.54) is 6.92 Å². The van der Waals surface area contributed by atoms with Gasteiger partial charge < -0.3 is 10.1 Å². The van der Waals surface area contributed by atoms with Crippen molar-refractivity contribution in [2.45, 2.75) is 26.4 Å². The van der Waals surface area contributed by atoms with E-state index in [-0.39, 0.29) is 17.7 Å². The lowest BCUT2D eigenvalue weighted by atomic mass is 10.1. The van der Waals surface area contributed by atoms with Gasteiger partial charge in [0.2, 0.25) is 5.91 Å². The molecular formula is C22H26N2O3. The van der Waals surface area contributed by atoms with E-state index in [1.54, 1.807) is 30.3 Å². The fourth-order valence-corrected chi connectivity index (χ4v) is 2.51. The Balaban J connectivity index is 1.91. The fourth-order valence-electron chi connectivity index (χ4n) is 2.51. The van der Waals surface area contributed by atoms with Gasteiger partial charge in [-0.3, -0.25) is 14.5 Å². The van der Waals surface area contributed by atoms with Gasteiger partial charge in [-0.2, -0.15) is 0 Å². The number of ether oxygens (including phenoxy) is 1. The van der Waals surface area contributed by atoms with Crippen LogP contribution in [-0.2, 0) is 11.3 Å². The summed E-state index contributed by atoms with van der Waals surface area (Å²) in [6.07, 6.45) is 1.70. The van der Waals surface area contributed by atoms with E-state index >= 15 is 0 Å². The van der Waals surface area contributed by atoms with E-state index in [4.69, 9.17) is 4.74 Å². The quantitative estimate of drug-likeness (QED) is 0.540. The van der Waals surface area contributed by atoms with Gasteiger partial charge in [0.1, 0.15) is 12.4 Å². The van der Waals surface area contributed by atoms with E-state index in [1.807, 2.05) is 43.1 Å². The molecule has 0 bridgehead atoms. The summed E-state index contributed by atoms with van der Waals surface area (Å²) in [5, 5.41) is 2.89. The van der Waals surface area contributed by atoms with Crippen molar-refractivity contribution in [3.8, 4) is 5.75 Å². The summed E-state index contributed by atoms with van der Waals surface area (Å²) in [4.78, 5) is 25.8. The molecule has 0 aromatic heterocycles. The fraction of sp³-hybridized carbons (Fsp3) is 0.273. The van der Waals surface area contributed by atoms with Crippen LogP contribution in [0.1, 0.15) is 29.8 Å². The molecule has 2 aromatic rings. The Bertz CT molecular complexity index is 782. The van der Waals surface area contributed by atoms with Crippen LogP contribution in [0, 0.1) is 0 Å². The Morgan fingerprint density at radius 3 is 2.33 bits per heavy atom. The van der Waals surface area contributed by atoms with Crippen LogP contribution < -0.4 is 10.1 Å². The monoisotopic (exact) mass is 366 g/mol. The lowest BCUT2D eigenvalue weighted by molar-refractivity contribution is -0.120. The molecule has 0 aliphatic heterocycles. The minimum atomic E-state index is -0.311. The minimum Gasteiger partial charge on any atom is -0.490 e. The van der Waals surface area contributed by atoms with Gasteiger partial charge in [0, 0.05) is 17.8 Å². The second kappa shape index (κ2) is 9.69. The Morgan fingerprint density at radius 2 is 1.78 bits per heavy atom. The Morgan fingerprint density at radius 1 is 1.15 bits per heavy atom. The molecule has 5 nitrogen and oxygen atoms in total. The first-order valence-corrected chi connectivity index (χ1v) is 8.85. The lowest BCUT2D eigenvalue weighted by Gasteiger charge is -2.24. The van der Waals surface area contributed by atoms with Gasteiger partial charge in [-0.05, 0) is 62.9 Å². The molecule has 0 saturated carbocycles. The Kier molecular flexibility index (Phi) is 7.32. The van der Waals surface area contributed by atoms with Gasteiger partial charge in [0.05, 0.1) is 6.04 Å². The molecular weight excluding hydrogens is 340 g/mol. The molecule has 1 atom stereocenters. The normalized spacial score (nSPS) is 11.7. The van der Waals surface area contributed by atoms with Crippen molar-refractivity contribution in [1.82, 2.24) is 4.90 Å². The second-order valence-corrected chi connectivity index (χ2v) is 6.46. The Labute approximate surface area is 160 Å². The van der Waals surface area contributed by atoms with Crippen LogP contribution in [0.15, 0.2) is 61.2 Å². The third-order valence-corrected chi connectivity index (χ3v) is 4.32. The molecule has 27 heavy (non-hydrogen) atoms. The van der Waals surface area contributed by atoms with Crippen molar-refractivity contribution in [2.24, 2.45) is 0 Å². The first-order chi connectivity index (χ1) is 12.9. The van der Waals surface area contributed by atoms with Crippen LogP contribution >= 0.6 is 0 Å². The van der Waals surface area contributed by atoms with Crippen molar-refractivity contribution in [3.63, 3.8) is 0 Å². The van der Waals surface area contributed by atoms with Crippen LogP contribution in [0.5, 0.6) is 5.75 Å². The van der Waals surface area contributed by atoms with E-state index in [9.17, 15) is 9.59 Å². The summed E-state index contributed by atoms with van der Waals surface area (Å²) in [6.45, 7) is 8.12. The molecule has 0 aliphatic rings. The highest BCUT2D eigenvalue weighted by atomic mass is 16.5. The molecule has 142 valence electrons. The molecule has 1 N–H and O–H groups in total. The van der Waals surface area contributed by atoms with E-state index in [2.05, 4.69) is 11.9 Å². The molecule has 0 fully saturated rings. The number of hydrogen-bond acceptors (Lipinski definition) is 4. The third-order valence-electron chi connectivity index (χ3n) is 4.32. The van der Waals surface area contributed by atoms with Gasteiger partial charge in [0.25, 0.3) is 0 Å².